The molecule has 4 heteroatoms. The van der Waals surface area contributed by atoms with Crippen LogP contribution in [0.15, 0.2) is 24.3 Å². The summed E-state index contributed by atoms with van der Waals surface area (Å²) >= 11 is 0. The van der Waals surface area contributed by atoms with Gasteiger partial charge < -0.3 is 11.5 Å². The van der Waals surface area contributed by atoms with Gasteiger partial charge in [0.1, 0.15) is 5.82 Å². The smallest absolute Gasteiger partial charge is 0.222 e. The Hall–Kier alpha value is -2.10. The van der Waals surface area contributed by atoms with Crippen LogP contribution in [-0.4, -0.2) is 9.97 Å². The van der Waals surface area contributed by atoms with Crippen LogP contribution >= 0.6 is 0 Å². The molecule has 4 N–H and O–H groups in total. The van der Waals surface area contributed by atoms with Crippen molar-refractivity contribution in [2.45, 2.75) is 26.7 Å². The normalized spacial score (nSPS) is 10.6. The summed E-state index contributed by atoms with van der Waals surface area (Å²) in [7, 11) is 0. The highest BCUT2D eigenvalue weighted by Crippen LogP contribution is 2.25. The molecule has 94 valence electrons. The third-order valence-corrected chi connectivity index (χ3v) is 3.00. The minimum Gasteiger partial charge on any atom is -0.384 e. The van der Waals surface area contributed by atoms with Crippen molar-refractivity contribution in [1.82, 2.24) is 9.97 Å². The van der Waals surface area contributed by atoms with E-state index in [-0.39, 0.29) is 5.95 Å². The van der Waals surface area contributed by atoms with Gasteiger partial charge in [0.15, 0.2) is 0 Å². The van der Waals surface area contributed by atoms with Crippen molar-refractivity contribution in [3.05, 3.63) is 35.4 Å². The van der Waals surface area contributed by atoms with Crippen molar-refractivity contribution in [1.29, 1.82) is 0 Å². The molecular formula is C14H18N4. The highest BCUT2D eigenvalue weighted by atomic mass is 15.0. The van der Waals surface area contributed by atoms with Gasteiger partial charge in [0.2, 0.25) is 5.95 Å². The molecule has 1 aromatic heterocycles. The molecule has 0 aliphatic carbocycles. The molecule has 4 nitrogen and oxygen atoms in total. The maximum atomic E-state index is 5.73. The summed E-state index contributed by atoms with van der Waals surface area (Å²) in [5.74, 6) is 0.621. The van der Waals surface area contributed by atoms with E-state index in [0.29, 0.717) is 5.82 Å². The Morgan fingerprint density at radius 2 is 1.78 bits per heavy atom. The van der Waals surface area contributed by atoms with Crippen molar-refractivity contribution in [3.8, 4) is 11.3 Å². The van der Waals surface area contributed by atoms with Crippen LogP contribution in [0.2, 0.25) is 0 Å². The molecule has 0 bridgehead atoms. The number of aryl methyl sites for hydroxylation is 2. The lowest BCUT2D eigenvalue weighted by atomic mass is 9.98. The molecule has 1 heterocycles. The maximum absolute atomic E-state index is 5.73. The lowest BCUT2D eigenvalue weighted by Gasteiger charge is -2.10. The molecular weight excluding hydrogens is 224 g/mol. The topological polar surface area (TPSA) is 77.8 Å². The number of anilines is 2. The van der Waals surface area contributed by atoms with E-state index >= 15 is 0 Å². The number of hydrogen-bond donors (Lipinski definition) is 2. The molecule has 1 aromatic carbocycles. The van der Waals surface area contributed by atoms with Crippen LogP contribution in [0, 0.1) is 0 Å². The number of nitrogens with zero attached hydrogens (tertiary/aromatic N) is 2. The van der Waals surface area contributed by atoms with E-state index in [2.05, 4.69) is 42.0 Å². The standard InChI is InChI=1S/C14H18N4/c1-3-9-5-6-10(4-2)11(7-9)12-8-13(15)18-14(16)17-12/h5-8H,3-4H2,1-2H3,(H4,15,16,17,18). The SMILES string of the molecule is CCc1ccc(CC)c(-c2cc(N)nc(N)n2)c1. The predicted octanol–water partition coefficient (Wildman–Crippen LogP) is 2.43. The summed E-state index contributed by atoms with van der Waals surface area (Å²) < 4.78 is 0. The van der Waals surface area contributed by atoms with Gasteiger partial charge in [-0.05, 0) is 30.0 Å². The van der Waals surface area contributed by atoms with Crippen LogP contribution in [0.4, 0.5) is 11.8 Å². The average molecular weight is 242 g/mol. The predicted molar refractivity (Wildman–Crippen MR) is 75.0 cm³/mol. The molecule has 2 aromatic rings. The molecule has 0 spiro atoms. The molecule has 0 amide bonds. The Morgan fingerprint density at radius 3 is 2.39 bits per heavy atom. The van der Waals surface area contributed by atoms with Gasteiger partial charge in [0.05, 0.1) is 5.69 Å². The third-order valence-electron chi connectivity index (χ3n) is 3.00. The number of benzene rings is 1. The van der Waals surface area contributed by atoms with Gasteiger partial charge in [0.25, 0.3) is 0 Å². The lowest BCUT2D eigenvalue weighted by Crippen LogP contribution is -2.02. The Balaban J connectivity index is 2.60. The highest BCUT2D eigenvalue weighted by Gasteiger charge is 2.08. The van der Waals surface area contributed by atoms with Gasteiger partial charge in [-0.2, -0.15) is 4.98 Å². The summed E-state index contributed by atoms with van der Waals surface area (Å²) in [4.78, 5) is 8.18. The van der Waals surface area contributed by atoms with E-state index in [0.717, 1.165) is 24.1 Å². The van der Waals surface area contributed by atoms with Gasteiger partial charge >= 0.3 is 0 Å². The van der Waals surface area contributed by atoms with Crippen LogP contribution in [0.1, 0.15) is 25.0 Å². The zero-order valence-electron chi connectivity index (χ0n) is 10.8. The largest absolute Gasteiger partial charge is 0.384 e. The van der Waals surface area contributed by atoms with Gasteiger partial charge in [-0.3, -0.25) is 0 Å². The Kier molecular flexibility index (Phi) is 3.46. The van der Waals surface area contributed by atoms with E-state index < -0.39 is 0 Å². The molecule has 0 saturated heterocycles. The first-order valence-corrected chi connectivity index (χ1v) is 6.16. The van der Waals surface area contributed by atoms with Crippen LogP contribution in [0.3, 0.4) is 0 Å². The molecule has 0 unspecified atom stereocenters. The van der Waals surface area contributed by atoms with Crippen LogP contribution in [0.5, 0.6) is 0 Å². The fourth-order valence-electron chi connectivity index (χ4n) is 2.01. The Morgan fingerprint density at radius 1 is 1.00 bits per heavy atom. The van der Waals surface area contributed by atoms with Crippen molar-refractivity contribution in [3.63, 3.8) is 0 Å². The molecule has 0 radical (unpaired) electrons. The molecule has 2 rings (SSSR count). The molecule has 0 aliphatic heterocycles. The van der Waals surface area contributed by atoms with Gasteiger partial charge in [-0.1, -0.05) is 26.0 Å². The quantitative estimate of drug-likeness (QED) is 0.866. The van der Waals surface area contributed by atoms with Crippen LogP contribution in [0.25, 0.3) is 11.3 Å². The van der Waals surface area contributed by atoms with Crippen molar-refractivity contribution >= 4 is 11.8 Å². The number of rotatable bonds is 3. The zero-order chi connectivity index (χ0) is 13.1. The second-order valence-corrected chi connectivity index (χ2v) is 4.23. The Bertz CT molecular complexity index is 543. The Labute approximate surface area is 107 Å². The van der Waals surface area contributed by atoms with E-state index in [4.69, 9.17) is 11.5 Å². The van der Waals surface area contributed by atoms with Gasteiger partial charge in [0, 0.05) is 11.6 Å². The molecule has 0 saturated carbocycles. The van der Waals surface area contributed by atoms with Gasteiger partial charge in [-0.15, -0.1) is 0 Å². The summed E-state index contributed by atoms with van der Waals surface area (Å²) in [6.07, 6.45) is 1.94. The van der Waals surface area contributed by atoms with Crippen molar-refractivity contribution < 1.29 is 0 Å². The highest BCUT2D eigenvalue weighted by molar-refractivity contribution is 5.67. The van der Waals surface area contributed by atoms with Gasteiger partial charge in [-0.25, -0.2) is 4.98 Å². The first kappa shape index (κ1) is 12.4. The zero-order valence-corrected chi connectivity index (χ0v) is 10.8. The van der Waals surface area contributed by atoms with Crippen molar-refractivity contribution in [2.24, 2.45) is 0 Å². The van der Waals surface area contributed by atoms with Crippen LogP contribution in [-0.2, 0) is 12.8 Å². The summed E-state index contributed by atoms with van der Waals surface area (Å²) in [6, 6.07) is 8.21. The number of nitrogens with two attached hydrogens (primary N) is 2. The van der Waals surface area contributed by atoms with E-state index in [1.165, 1.54) is 11.1 Å². The van der Waals surface area contributed by atoms with E-state index in [1.807, 2.05) is 0 Å². The summed E-state index contributed by atoms with van der Waals surface area (Å²) in [5, 5.41) is 0. The van der Waals surface area contributed by atoms with Crippen molar-refractivity contribution in [2.75, 3.05) is 11.5 Å². The maximum Gasteiger partial charge on any atom is 0.222 e. The minimum atomic E-state index is 0.217. The van der Waals surface area contributed by atoms with E-state index in [1.54, 1.807) is 6.07 Å². The monoisotopic (exact) mass is 242 g/mol. The minimum absolute atomic E-state index is 0.217. The first-order chi connectivity index (χ1) is 8.63. The summed E-state index contributed by atoms with van der Waals surface area (Å²) in [5.41, 5.74) is 15.8. The summed E-state index contributed by atoms with van der Waals surface area (Å²) in [6.45, 7) is 4.26. The number of nitrogen functional groups attached to an aromatic ring is 2. The average Bonchev–Trinajstić information content (AvgIpc) is 2.36. The van der Waals surface area contributed by atoms with E-state index in [9.17, 15) is 0 Å². The van der Waals surface area contributed by atoms with Crippen LogP contribution < -0.4 is 11.5 Å². The first-order valence-electron chi connectivity index (χ1n) is 6.16. The number of aromatic nitrogens is 2. The fourth-order valence-corrected chi connectivity index (χ4v) is 2.01. The molecule has 0 aliphatic rings. The molecule has 0 atom stereocenters. The second kappa shape index (κ2) is 5.04. The molecule has 0 fully saturated rings. The lowest BCUT2D eigenvalue weighted by molar-refractivity contribution is 1.09. The third kappa shape index (κ3) is 2.42. The fraction of sp³-hybridized carbons (Fsp3) is 0.286. The second-order valence-electron chi connectivity index (χ2n) is 4.23. The number of hydrogen-bond acceptors (Lipinski definition) is 4. The molecule has 18 heavy (non-hydrogen) atoms.